The molecule has 1 unspecified atom stereocenters. The van der Waals surface area contributed by atoms with Gasteiger partial charge in [0.2, 0.25) is 0 Å². The van der Waals surface area contributed by atoms with E-state index < -0.39 is 52.1 Å². The molecular weight excluding hydrogens is 476 g/mol. The summed E-state index contributed by atoms with van der Waals surface area (Å²) in [5.74, 6) is -2.07. The van der Waals surface area contributed by atoms with E-state index >= 15 is 0 Å². The molecule has 3 aliphatic heterocycles. The van der Waals surface area contributed by atoms with Crippen molar-refractivity contribution in [1.29, 1.82) is 0 Å². The number of hydrogen-bond acceptors (Lipinski definition) is 6. The van der Waals surface area contributed by atoms with Gasteiger partial charge in [-0.1, -0.05) is 40.7 Å². The lowest BCUT2D eigenvalue weighted by Gasteiger charge is -2.56. The van der Waals surface area contributed by atoms with Gasteiger partial charge in [-0.25, -0.2) is 9.59 Å². The second-order valence-corrected chi connectivity index (χ2v) is 12.8. The highest BCUT2D eigenvalue weighted by molar-refractivity contribution is 5.97. The van der Waals surface area contributed by atoms with Crippen LogP contribution in [0.5, 0.6) is 0 Å². The summed E-state index contributed by atoms with van der Waals surface area (Å²) in [6.07, 6.45) is 3.65. The number of carboxylic acids is 2. The summed E-state index contributed by atoms with van der Waals surface area (Å²) in [5, 5.41) is 31.5. The van der Waals surface area contributed by atoms with Crippen molar-refractivity contribution < 1.29 is 39.2 Å². The van der Waals surface area contributed by atoms with Gasteiger partial charge in [0.1, 0.15) is 5.60 Å². The first-order valence-corrected chi connectivity index (χ1v) is 13.3. The van der Waals surface area contributed by atoms with Gasteiger partial charge in [-0.05, 0) is 55.7 Å². The van der Waals surface area contributed by atoms with Gasteiger partial charge in [0.25, 0.3) is 0 Å². The van der Waals surface area contributed by atoms with Gasteiger partial charge in [-0.2, -0.15) is 0 Å². The van der Waals surface area contributed by atoms with Crippen LogP contribution < -0.4 is 0 Å². The number of aliphatic hydroxyl groups excluding tert-OH is 1. The molecular formula is C29H38O8. The van der Waals surface area contributed by atoms with Crippen molar-refractivity contribution in [3.05, 3.63) is 34.4 Å². The van der Waals surface area contributed by atoms with E-state index in [0.717, 1.165) is 6.42 Å². The summed E-state index contributed by atoms with van der Waals surface area (Å²) in [6.45, 7) is 11.3. The zero-order valence-electron chi connectivity index (χ0n) is 22.5. The number of aliphatic carboxylic acids is 2. The highest BCUT2D eigenvalue weighted by Gasteiger charge is 2.67. The first-order chi connectivity index (χ1) is 17.1. The molecule has 202 valence electrons. The molecule has 8 atom stereocenters. The summed E-state index contributed by atoms with van der Waals surface area (Å²) in [4.78, 5) is 37.5. The Bertz CT molecular complexity index is 1180. The number of rotatable bonds is 5. The molecule has 3 N–H and O–H groups in total. The third-order valence-corrected chi connectivity index (χ3v) is 10.7. The lowest BCUT2D eigenvalue weighted by atomic mass is 9.51. The molecule has 3 fully saturated rings. The molecule has 0 aromatic heterocycles. The van der Waals surface area contributed by atoms with Crippen LogP contribution in [-0.4, -0.2) is 63.1 Å². The molecule has 2 aliphatic carbocycles. The molecule has 5 aliphatic rings. The van der Waals surface area contributed by atoms with Crippen LogP contribution in [0.2, 0.25) is 0 Å². The van der Waals surface area contributed by atoms with Crippen LogP contribution in [-0.2, 0) is 23.9 Å². The topological polar surface area (TPSA) is 130 Å². The number of carboxylic acid groups (broad SMARTS) is 2. The third-order valence-electron chi connectivity index (χ3n) is 10.7. The largest absolute Gasteiger partial charge is 0.478 e. The lowest BCUT2D eigenvalue weighted by Crippen LogP contribution is -2.58. The number of carbonyl (C=O) groups excluding carboxylic acids is 1. The van der Waals surface area contributed by atoms with Gasteiger partial charge in [-0.3, -0.25) is 4.79 Å². The van der Waals surface area contributed by atoms with Gasteiger partial charge in [0.05, 0.1) is 35.4 Å². The van der Waals surface area contributed by atoms with Crippen molar-refractivity contribution in [2.75, 3.05) is 0 Å². The Balaban J connectivity index is 1.57. The van der Waals surface area contributed by atoms with Gasteiger partial charge in [0, 0.05) is 22.8 Å². The first-order valence-electron chi connectivity index (χ1n) is 13.3. The van der Waals surface area contributed by atoms with Crippen molar-refractivity contribution >= 4 is 17.7 Å². The van der Waals surface area contributed by atoms with Crippen molar-refractivity contribution in [1.82, 2.24) is 0 Å². The summed E-state index contributed by atoms with van der Waals surface area (Å²) in [6, 6.07) is 0. The fraction of sp³-hybridized carbons (Fsp3) is 0.690. The molecule has 0 amide bonds. The van der Waals surface area contributed by atoms with E-state index in [0.29, 0.717) is 24.0 Å². The van der Waals surface area contributed by atoms with E-state index in [1.165, 1.54) is 6.92 Å². The Kier molecular flexibility index (Phi) is 5.77. The lowest BCUT2D eigenvalue weighted by molar-refractivity contribution is -0.169. The quantitative estimate of drug-likeness (QED) is 0.472. The van der Waals surface area contributed by atoms with Crippen molar-refractivity contribution in [3.8, 4) is 0 Å². The van der Waals surface area contributed by atoms with Crippen molar-refractivity contribution in [3.63, 3.8) is 0 Å². The van der Waals surface area contributed by atoms with Crippen LogP contribution in [0.4, 0.5) is 0 Å². The standard InChI is InChI=1S/C29H38O8/c1-14(23(31)32)9-17-10-15(2)27(5)21(36-17)12-18-22(24(33)34)16(11-19(30)28(18,27)6)13-29-8-7-20(37-29)26(3,4)25(29)35/h9,12,15,17,19-21,30H,7-8,10-11,13H2,1-6H3,(H,31,32)(H,33,34)/b14-9+/t15-,17?,19-,20+,21-,27-,28+,29+/m1/s1. The number of Topliss-reactive ketones (excluding diaryl/α,β-unsaturated/α-hetero) is 1. The molecule has 0 aromatic rings. The first kappa shape index (κ1) is 26.3. The van der Waals surface area contributed by atoms with Gasteiger partial charge < -0.3 is 24.8 Å². The fourth-order valence-corrected chi connectivity index (χ4v) is 8.11. The van der Waals surface area contributed by atoms with Crippen LogP contribution >= 0.6 is 0 Å². The molecule has 8 nitrogen and oxygen atoms in total. The van der Waals surface area contributed by atoms with Crippen LogP contribution in [0.3, 0.4) is 0 Å². The van der Waals surface area contributed by atoms with Crippen LogP contribution in [0.15, 0.2) is 34.4 Å². The van der Waals surface area contributed by atoms with E-state index in [2.05, 4.69) is 6.92 Å². The maximum absolute atomic E-state index is 13.4. The molecule has 2 bridgehead atoms. The predicted octanol–water partition coefficient (Wildman–Crippen LogP) is 3.83. The second kappa shape index (κ2) is 8.10. The van der Waals surface area contributed by atoms with Crippen LogP contribution in [0.25, 0.3) is 0 Å². The molecule has 3 saturated heterocycles. The van der Waals surface area contributed by atoms with E-state index in [1.807, 2.05) is 33.8 Å². The maximum Gasteiger partial charge on any atom is 0.335 e. The SMILES string of the molecule is C/C(=C\C1C[C@@H](C)[C@]2(C)[C@@H](C=C3C(C(=O)O)=C(C[C@]45CC[C@H](O4)C(C)(C)C5=O)C[C@@H](O)[C@]32C)O1)C(=O)O. The molecule has 5 rings (SSSR count). The minimum Gasteiger partial charge on any atom is -0.478 e. The number of ether oxygens (including phenoxy) is 2. The Morgan fingerprint density at radius 1 is 1.19 bits per heavy atom. The molecule has 0 spiro atoms. The number of carbonyl (C=O) groups is 3. The smallest absolute Gasteiger partial charge is 0.335 e. The van der Waals surface area contributed by atoms with E-state index in [-0.39, 0.29) is 41.8 Å². The number of hydrogen-bond donors (Lipinski definition) is 3. The van der Waals surface area contributed by atoms with E-state index in [4.69, 9.17) is 9.47 Å². The fourth-order valence-electron chi connectivity index (χ4n) is 8.11. The Hall–Kier alpha value is -2.29. The average Bonchev–Trinajstić information content (AvgIpc) is 3.38. The molecule has 3 heterocycles. The highest BCUT2D eigenvalue weighted by Crippen LogP contribution is 2.67. The zero-order valence-corrected chi connectivity index (χ0v) is 22.5. The number of aliphatic hydroxyl groups is 1. The summed E-state index contributed by atoms with van der Waals surface area (Å²) < 4.78 is 12.6. The zero-order chi connectivity index (χ0) is 27.3. The maximum atomic E-state index is 13.4. The average molecular weight is 515 g/mol. The summed E-state index contributed by atoms with van der Waals surface area (Å²) >= 11 is 0. The Morgan fingerprint density at radius 3 is 2.43 bits per heavy atom. The summed E-state index contributed by atoms with van der Waals surface area (Å²) in [5.41, 5.74) is -1.70. The highest BCUT2D eigenvalue weighted by atomic mass is 16.5. The molecule has 0 radical (unpaired) electrons. The number of fused-ring (bicyclic) bond motifs is 5. The molecule has 0 saturated carbocycles. The molecule has 37 heavy (non-hydrogen) atoms. The Morgan fingerprint density at radius 2 is 1.86 bits per heavy atom. The van der Waals surface area contributed by atoms with Gasteiger partial charge in [0.15, 0.2) is 5.78 Å². The molecule has 0 aromatic carbocycles. The van der Waals surface area contributed by atoms with E-state index in [1.54, 1.807) is 6.08 Å². The normalized spacial score (nSPS) is 44.5. The minimum absolute atomic E-state index is 0.00816. The van der Waals surface area contributed by atoms with E-state index in [9.17, 15) is 29.7 Å². The van der Waals surface area contributed by atoms with Gasteiger partial charge in [-0.15, -0.1) is 0 Å². The Labute approximate surface area is 217 Å². The summed E-state index contributed by atoms with van der Waals surface area (Å²) in [7, 11) is 0. The number of ketones is 1. The van der Waals surface area contributed by atoms with Crippen LogP contribution in [0.1, 0.15) is 73.6 Å². The minimum atomic E-state index is -1.08. The van der Waals surface area contributed by atoms with Crippen molar-refractivity contribution in [2.24, 2.45) is 22.2 Å². The second-order valence-electron chi connectivity index (χ2n) is 12.8. The monoisotopic (exact) mass is 514 g/mol. The predicted molar refractivity (Wildman–Crippen MR) is 134 cm³/mol. The van der Waals surface area contributed by atoms with Gasteiger partial charge >= 0.3 is 11.9 Å². The van der Waals surface area contributed by atoms with Crippen molar-refractivity contribution in [2.45, 2.75) is 104 Å². The molecule has 8 heteroatoms. The van der Waals surface area contributed by atoms with Crippen LogP contribution in [0, 0.1) is 22.2 Å². The third kappa shape index (κ3) is 3.34.